The lowest BCUT2D eigenvalue weighted by atomic mass is 10.4. The van der Waals surface area contributed by atoms with E-state index in [0.717, 1.165) is 12.3 Å². The molecule has 0 saturated carbocycles. The summed E-state index contributed by atoms with van der Waals surface area (Å²) < 4.78 is 4.34. The Labute approximate surface area is 67.3 Å². The van der Waals surface area contributed by atoms with Gasteiger partial charge in [-0.2, -0.15) is 0 Å². The number of carbonyl (C=O) groups is 1. The van der Waals surface area contributed by atoms with Gasteiger partial charge in [0.25, 0.3) is 5.69 Å². The number of methoxy groups -OCH3 is 1. The largest absolute Gasteiger partial charge is 0.464 e. The Bertz CT molecular complexity index is 317. The van der Waals surface area contributed by atoms with Crippen molar-refractivity contribution >= 4 is 11.7 Å². The quantitative estimate of drug-likeness (QED) is 0.402. The molecule has 1 aromatic rings. The average molecular weight is 170 g/mol. The third-order valence-electron chi connectivity index (χ3n) is 1.28. The fourth-order valence-corrected chi connectivity index (χ4v) is 0.716. The molecule has 0 spiro atoms. The molecule has 0 aliphatic heterocycles. The van der Waals surface area contributed by atoms with E-state index in [-0.39, 0.29) is 11.4 Å². The van der Waals surface area contributed by atoms with Gasteiger partial charge >= 0.3 is 5.97 Å². The van der Waals surface area contributed by atoms with Crippen LogP contribution in [0.15, 0.2) is 12.3 Å². The molecule has 0 saturated heterocycles. The van der Waals surface area contributed by atoms with Crippen LogP contribution in [0.1, 0.15) is 10.5 Å². The summed E-state index contributed by atoms with van der Waals surface area (Å²) in [5, 5.41) is 10.2. The number of carbonyl (C=O) groups excluding carboxylic acids is 1. The standard InChI is InChI=1S/C6H6N2O4/c1-12-6(9)5-2-4(3-7-5)8(10)11/h2-3,7H,1H3. The summed E-state index contributed by atoms with van der Waals surface area (Å²) in [6.45, 7) is 0. The van der Waals surface area contributed by atoms with Crippen molar-refractivity contribution in [2.75, 3.05) is 7.11 Å². The molecule has 1 rings (SSSR count). The van der Waals surface area contributed by atoms with Crippen molar-refractivity contribution < 1.29 is 14.5 Å². The van der Waals surface area contributed by atoms with Gasteiger partial charge in [-0.1, -0.05) is 0 Å². The third kappa shape index (κ3) is 1.42. The van der Waals surface area contributed by atoms with Crippen molar-refractivity contribution in [3.63, 3.8) is 0 Å². The minimum absolute atomic E-state index is 0.0733. The normalized spacial score (nSPS) is 9.42. The van der Waals surface area contributed by atoms with Gasteiger partial charge in [-0.05, 0) is 0 Å². The summed E-state index contributed by atoms with van der Waals surface area (Å²) in [6, 6.07) is 1.12. The minimum atomic E-state index is -0.622. The summed E-state index contributed by atoms with van der Waals surface area (Å²) >= 11 is 0. The number of H-pyrrole nitrogens is 1. The Hall–Kier alpha value is -1.85. The number of nitro groups is 1. The number of ether oxygens (including phenoxy) is 1. The van der Waals surface area contributed by atoms with Gasteiger partial charge in [-0.3, -0.25) is 10.1 Å². The Balaban J connectivity index is 2.91. The van der Waals surface area contributed by atoms with Crippen molar-refractivity contribution in [2.24, 2.45) is 0 Å². The summed E-state index contributed by atoms with van der Waals surface area (Å²) in [7, 11) is 1.20. The Morgan fingerprint density at radius 1 is 1.75 bits per heavy atom. The molecule has 6 heteroatoms. The SMILES string of the molecule is COC(=O)c1cc([N+](=O)[O-])c[nH]1. The van der Waals surface area contributed by atoms with Crippen LogP contribution in [0, 0.1) is 10.1 Å². The first kappa shape index (κ1) is 8.25. The molecule has 1 aromatic heterocycles. The van der Waals surface area contributed by atoms with E-state index in [1.165, 1.54) is 7.11 Å². The molecule has 64 valence electrons. The maximum Gasteiger partial charge on any atom is 0.354 e. The molecular weight excluding hydrogens is 164 g/mol. The smallest absolute Gasteiger partial charge is 0.354 e. The Morgan fingerprint density at radius 3 is 2.83 bits per heavy atom. The predicted molar refractivity (Wildman–Crippen MR) is 38.8 cm³/mol. The Morgan fingerprint density at radius 2 is 2.42 bits per heavy atom. The van der Waals surface area contributed by atoms with Crippen LogP contribution in [-0.2, 0) is 4.74 Å². The first-order valence-electron chi connectivity index (χ1n) is 3.06. The molecule has 0 radical (unpaired) electrons. The number of nitrogens with one attached hydrogen (secondary N) is 1. The van der Waals surface area contributed by atoms with E-state index >= 15 is 0 Å². The molecule has 1 heterocycles. The van der Waals surface area contributed by atoms with Crippen molar-refractivity contribution in [1.82, 2.24) is 4.98 Å². The van der Waals surface area contributed by atoms with Crippen LogP contribution < -0.4 is 0 Å². The molecule has 0 atom stereocenters. The average Bonchev–Trinajstić information content (AvgIpc) is 2.51. The lowest BCUT2D eigenvalue weighted by Gasteiger charge is -1.90. The van der Waals surface area contributed by atoms with Crippen LogP contribution in [0.2, 0.25) is 0 Å². The van der Waals surface area contributed by atoms with E-state index < -0.39 is 10.9 Å². The number of esters is 1. The molecule has 0 bridgehead atoms. The van der Waals surface area contributed by atoms with Gasteiger partial charge in [0.2, 0.25) is 0 Å². The number of rotatable bonds is 2. The van der Waals surface area contributed by atoms with Crippen LogP contribution in [0.3, 0.4) is 0 Å². The molecule has 0 aliphatic carbocycles. The lowest BCUT2D eigenvalue weighted by Crippen LogP contribution is -2.00. The zero-order valence-electron chi connectivity index (χ0n) is 6.23. The van der Waals surface area contributed by atoms with Crippen LogP contribution in [0.5, 0.6) is 0 Å². The highest BCUT2D eigenvalue weighted by Gasteiger charge is 2.13. The van der Waals surface area contributed by atoms with Gasteiger partial charge in [-0.25, -0.2) is 4.79 Å². The first-order valence-corrected chi connectivity index (χ1v) is 3.06. The second-order valence-electron chi connectivity index (χ2n) is 2.02. The number of hydrogen-bond donors (Lipinski definition) is 1. The summed E-state index contributed by atoms with van der Waals surface area (Å²) in [5.74, 6) is -0.622. The van der Waals surface area contributed by atoms with Gasteiger partial charge in [-0.15, -0.1) is 0 Å². The maximum atomic E-state index is 10.8. The maximum absolute atomic E-state index is 10.8. The molecule has 1 N–H and O–H groups in total. The van der Waals surface area contributed by atoms with E-state index in [1.807, 2.05) is 0 Å². The third-order valence-corrected chi connectivity index (χ3v) is 1.28. The number of nitrogens with zero attached hydrogens (tertiary/aromatic N) is 1. The number of aromatic nitrogens is 1. The predicted octanol–water partition coefficient (Wildman–Crippen LogP) is 0.710. The summed E-state index contributed by atoms with van der Waals surface area (Å²) in [5.41, 5.74) is -0.0837. The topological polar surface area (TPSA) is 85.2 Å². The van der Waals surface area contributed by atoms with E-state index in [0.29, 0.717) is 0 Å². The molecule has 12 heavy (non-hydrogen) atoms. The molecule has 0 aliphatic rings. The van der Waals surface area contributed by atoms with Crippen LogP contribution >= 0.6 is 0 Å². The first-order chi connectivity index (χ1) is 5.65. The van der Waals surface area contributed by atoms with Crippen molar-refractivity contribution in [2.45, 2.75) is 0 Å². The fraction of sp³-hybridized carbons (Fsp3) is 0.167. The highest BCUT2D eigenvalue weighted by atomic mass is 16.6. The van der Waals surface area contributed by atoms with E-state index in [2.05, 4.69) is 9.72 Å². The van der Waals surface area contributed by atoms with Crippen LogP contribution in [-0.4, -0.2) is 23.0 Å². The minimum Gasteiger partial charge on any atom is -0.464 e. The second-order valence-corrected chi connectivity index (χ2v) is 2.02. The molecule has 6 nitrogen and oxygen atoms in total. The highest BCUT2D eigenvalue weighted by Crippen LogP contribution is 2.12. The van der Waals surface area contributed by atoms with E-state index in [4.69, 9.17) is 0 Å². The van der Waals surface area contributed by atoms with Gasteiger partial charge in [0, 0.05) is 6.07 Å². The molecule has 0 aromatic carbocycles. The zero-order chi connectivity index (χ0) is 9.14. The molecule has 0 fully saturated rings. The van der Waals surface area contributed by atoms with Gasteiger partial charge in [0.1, 0.15) is 5.69 Å². The van der Waals surface area contributed by atoms with Gasteiger partial charge in [0.05, 0.1) is 18.2 Å². The van der Waals surface area contributed by atoms with Crippen molar-refractivity contribution in [3.05, 3.63) is 28.1 Å². The van der Waals surface area contributed by atoms with Crippen LogP contribution in [0.25, 0.3) is 0 Å². The fourth-order valence-electron chi connectivity index (χ4n) is 0.716. The highest BCUT2D eigenvalue weighted by molar-refractivity contribution is 5.88. The molecule has 0 unspecified atom stereocenters. The number of hydrogen-bond acceptors (Lipinski definition) is 4. The second kappa shape index (κ2) is 3.04. The lowest BCUT2D eigenvalue weighted by molar-refractivity contribution is -0.384. The van der Waals surface area contributed by atoms with Crippen LogP contribution in [0.4, 0.5) is 5.69 Å². The summed E-state index contributed by atoms with van der Waals surface area (Å²) in [4.78, 5) is 22.8. The van der Waals surface area contributed by atoms with Gasteiger partial charge in [0.15, 0.2) is 0 Å². The van der Waals surface area contributed by atoms with Crippen molar-refractivity contribution in [3.8, 4) is 0 Å². The molecular formula is C6H6N2O4. The Kier molecular flexibility index (Phi) is 2.09. The number of aromatic amines is 1. The summed E-state index contributed by atoms with van der Waals surface area (Å²) in [6.07, 6.45) is 1.13. The van der Waals surface area contributed by atoms with E-state index in [1.54, 1.807) is 0 Å². The zero-order valence-corrected chi connectivity index (χ0v) is 6.23. The molecule has 0 amide bonds. The van der Waals surface area contributed by atoms with E-state index in [9.17, 15) is 14.9 Å². The van der Waals surface area contributed by atoms with Gasteiger partial charge < -0.3 is 9.72 Å². The van der Waals surface area contributed by atoms with Crippen molar-refractivity contribution in [1.29, 1.82) is 0 Å². The monoisotopic (exact) mass is 170 g/mol.